The van der Waals surface area contributed by atoms with E-state index in [-0.39, 0.29) is 0 Å². The van der Waals surface area contributed by atoms with Gasteiger partial charge in [-0.05, 0) is 11.5 Å². The van der Waals surface area contributed by atoms with E-state index < -0.39 is 0 Å². The molecule has 0 bridgehead atoms. The smallest absolute Gasteiger partial charge is 0.0677 e. The summed E-state index contributed by atoms with van der Waals surface area (Å²) < 4.78 is 5.18. The van der Waals surface area contributed by atoms with Crippen molar-refractivity contribution in [2.75, 3.05) is 13.2 Å². The highest BCUT2D eigenvalue weighted by Gasteiger charge is 1.98. The van der Waals surface area contributed by atoms with Crippen LogP contribution in [0.15, 0.2) is 12.2 Å². The van der Waals surface area contributed by atoms with Gasteiger partial charge in [0.1, 0.15) is 0 Å². The molecule has 2 heteroatoms. The van der Waals surface area contributed by atoms with Crippen LogP contribution in [0.1, 0.15) is 20.3 Å². The number of ether oxygens (including phenoxy) is 1. The first-order chi connectivity index (χ1) is 5.18. The van der Waals surface area contributed by atoms with Crippen LogP contribution in [0.2, 0.25) is 0 Å². The van der Waals surface area contributed by atoms with Crippen molar-refractivity contribution in [3.05, 3.63) is 12.2 Å². The van der Waals surface area contributed by atoms with E-state index in [2.05, 4.69) is 20.4 Å². The summed E-state index contributed by atoms with van der Waals surface area (Å²) in [6, 6.07) is 2.02. The molecule has 11 heavy (non-hydrogen) atoms. The second-order valence-corrected chi connectivity index (χ2v) is 2.77. The summed E-state index contributed by atoms with van der Waals surface area (Å²) in [7, 11) is 0. The molecule has 0 aromatic heterocycles. The summed E-state index contributed by atoms with van der Waals surface area (Å²) in [5, 5.41) is 8.19. The van der Waals surface area contributed by atoms with Crippen molar-refractivity contribution >= 4 is 0 Å². The molecule has 0 aromatic rings. The summed E-state index contributed by atoms with van der Waals surface area (Å²) in [5.74, 6) is 0.470. The molecular weight excluding hydrogens is 138 g/mol. The zero-order valence-electron chi connectivity index (χ0n) is 7.26. The molecule has 0 amide bonds. The van der Waals surface area contributed by atoms with Crippen molar-refractivity contribution in [2.45, 2.75) is 20.3 Å². The van der Waals surface area contributed by atoms with Gasteiger partial charge in [-0.3, -0.25) is 0 Å². The first kappa shape index (κ1) is 10.2. The molecule has 0 fully saturated rings. The lowest BCUT2D eigenvalue weighted by Gasteiger charge is -2.08. The number of nitrogens with zero attached hydrogens (tertiary/aromatic N) is 1. The fraction of sp³-hybridized carbons (Fsp3) is 0.667. The van der Waals surface area contributed by atoms with Gasteiger partial charge in [0.05, 0.1) is 25.7 Å². The largest absolute Gasteiger partial charge is 0.376 e. The highest BCUT2D eigenvalue weighted by atomic mass is 16.5. The Balaban J connectivity index is 3.26. The van der Waals surface area contributed by atoms with E-state index in [1.54, 1.807) is 0 Å². The van der Waals surface area contributed by atoms with Crippen LogP contribution < -0.4 is 0 Å². The highest BCUT2D eigenvalue weighted by Crippen LogP contribution is 2.06. The molecule has 0 aliphatic rings. The molecule has 0 unspecified atom stereocenters. The van der Waals surface area contributed by atoms with Gasteiger partial charge in [-0.15, -0.1) is 0 Å². The van der Waals surface area contributed by atoms with E-state index in [1.807, 2.05) is 6.07 Å². The Hall–Kier alpha value is -0.810. The van der Waals surface area contributed by atoms with Gasteiger partial charge in [0.2, 0.25) is 0 Å². The third-order valence-corrected chi connectivity index (χ3v) is 1.46. The van der Waals surface area contributed by atoms with Gasteiger partial charge in [-0.1, -0.05) is 20.4 Å². The monoisotopic (exact) mass is 153 g/mol. The predicted molar refractivity (Wildman–Crippen MR) is 45.0 cm³/mol. The van der Waals surface area contributed by atoms with Gasteiger partial charge >= 0.3 is 0 Å². The zero-order chi connectivity index (χ0) is 8.69. The Morgan fingerprint density at radius 3 is 2.73 bits per heavy atom. The summed E-state index contributed by atoms with van der Waals surface area (Å²) >= 11 is 0. The molecule has 62 valence electrons. The maximum Gasteiger partial charge on any atom is 0.0677 e. The minimum atomic E-state index is 0.464. The molecule has 0 rings (SSSR count). The van der Waals surface area contributed by atoms with Gasteiger partial charge in [0, 0.05) is 0 Å². The average Bonchev–Trinajstić information content (AvgIpc) is 1.97. The number of hydrogen-bond donors (Lipinski definition) is 0. The highest BCUT2D eigenvalue weighted by molar-refractivity contribution is 4.97. The molecule has 0 aromatic carbocycles. The van der Waals surface area contributed by atoms with E-state index in [9.17, 15) is 0 Å². The van der Waals surface area contributed by atoms with Crippen LogP contribution in [0.4, 0.5) is 0 Å². The topological polar surface area (TPSA) is 33.0 Å². The fourth-order valence-electron chi connectivity index (χ4n) is 0.488. The average molecular weight is 153 g/mol. The molecule has 0 N–H and O–H groups in total. The van der Waals surface area contributed by atoms with Gasteiger partial charge < -0.3 is 4.74 Å². The minimum Gasteiger partial charge on any atom is -0.376 e. The van der Waals surface area contributed by atoms with Gasteiger partial charge in [0.25, 0.3) is 0 Å². The third kappa shape index (κ3) is 5.63. The third-order valence-electron chi connectivity index (χ3n) is 1.46. The number of nitriles is 1. The summed E-state index contributed by atoms with van der Waals surface area (Å²) in [6.07, 6.45) is 0.464. The second kappa shape index (κ2) is 5.94. The van der Waals surface area contributed by atoms with E-state index in [0.717, 1.165) is 5.57 Å². The molecular formula is C9H15NO. The SMILES string of the molecule is C=C(COCCC#N)C(C)C. The molecule has 0 heterocycles. The van der Waals surface area contributed by atoms with Crippen molar-refractivity contribution in [3.8, 4) is 6.07 Å². The Kier molecular flexibility index (Phi) is 5.50. The van der Waals surface area contributed by atoms with Gasteiger partial charge in [-0.25, -0.2) is 0 Å². The Labute approximate surface area is 68.5 Å². The van der Waals surface area contributed by atoms with Crippen molar-refractivity contribution in [2.24, 2.45) is 5.92 Å². The summed E-state index contributed by atoms with van der Waals surface area (Å²) in [6.45, 7) is 9.10. The lowest BCUT2D eigenvalue weighted by atomic mass is 10.1. The Morgan fingerprint density at radius 1 is 1.64 bits per heavy atom. The molecule has 2 nitrogen and oxygen atoms in total. The molecule has 0 spiro atoms. The lowest BCUT2D eigenvalue weighted by molar-refractivity contribution is 0.157. The quantitative estimate of drug-likeness (QED) is 0.447. The maximum atomic E-state index is 8.19. The molecule has 0 atom stereocenters. The second-order valence-electron chi connectivity index (χ2n) is 2.77. The van der Waals surface area contributed by atoms with Gasteiger partial charge in [-0.2, -0.15) is 5.26 Å². The van der Waals surface area contributed by atoms with Crippen LogP contribution in [0.25, 0.3) is 0 Å². The molecule has 0 aliphatic heterocycles. The maximum absolute atomic E-state index is 8.19. The predicted octanol–water partition coefficient (Wildman–Crippen LogP) is 2.13. The fourth-order valence-corrected chi connectivity index (χ4v) is 0.488. The lowest BCUT2D eigenvalue weighted by Crippen LogP contribution is -2.03. The summed E-state index contributed by atoms with van der Waals surface area (Å²) in [5.41, 5.74) is 1.09. The van der Waals surface area contributed by atoms with Crippen LogP contribution in [-0.4, -0.2) is 13.2 Å². The van der Waals surface area contributed by atoms with Crippen molar-refractivity contribution in [1.29, 1.82) is 5.26 Å². The molecule has 0 aliphatic carbocycles. The standard InChI is InChI=1S/C9H15NO/c1-8(2)9(3)7-11-6-4-5-10/h8H,3-4,6-7H2,1-2H3. The number of rotatable bonds is 5. The molecule has 0 radical (unpaired) electrons. The van der Waals surface area contributed by atoms with E-state index >= 15 is 0 Å². The first-order valence-electron chi connectivity index (χ1n) is 3.80. The van der Waals surface area contributed by atoms with E-state index in [4.69, 9.17) is 10.00 Å². The Morgan fingerprint density at radius 2 is 2.27 bits per heavy atom. The van der Waals surface area contributed by atoms with Crippen LogP contribution in [-0.2, 0) is 4.74 Å². The molecule has 0 saturated carbocycles. The van der Waals surface area contributed by atoms with Crippen LogP contribution in [0.5, 0.6) is 0 Å². The van der Waals surface area contributed by atoms with Crippen molar-refractivity contribution < 1.29 is 4.74 Å². The van der Waals surface area contributed by atoms with Gasteiger partial charge in [0.15, 0.2) is 0 Å². The Bertz CT molecular complexity index is 155. The van der Waals surface area contributed by atoms with Crippen molar-refractivity contribution in [1.82, 2.24) is 0 Å². The summed E-state index contributed by atoms with van der Waals surface area (Å²) in [4.78, 5) is 0. The number of hydrogen-bond acceptors (Lipinski definition) is 2. The van der Waals surface area contributed by atoms with E-state index in [1.165, 1.54) is 0 Å². The first-order valence-corrected chi connectivity index (χ1v) is 3.80. The van der Waals surface area contributed by atoms with E-state index in [0.29, 0.717) is 25.6 Å². The molecule has 0 saturated heterocycles. The minimum absolute atomic E-state index is 0.464. The zero-order valence-corrected chi connectivity index (χ0v) is 7.26. The van der Waals surface area contributed by atoms with Crippen LogP contribution in [0.3, 0.4) is 0 Å². The van der Waals surface area contributed by atoms with Crippen LogP contribution >= 0.6 is 0 Å². The van der Waals surface area contributed by atoms with Crippen molar-refractivity contribution in [3.63, 3.8) is 0 Å². The normalized spacial score (nSPS) is 9.64. The van der Waals surface area contributed by atoms with Crippen LogP contribution in [0, 0.1) is 17.2 Å².